The molecule has 0 fully saturated rings. The van der Waals surface area contributed by atoms with Gasteiger partial charge in [-0.15, -0.1) is 11.3 Å². The maximum Gasteiger partial charge on any atom is 0.0352 e. The monoisotopic (exact) mass is 222 g/mol. The van der Waals surface area contributed by atoms with E-state index in [1.807, 2.05) is 11.3 Å². The zero-order valence-corrected chi connectivity index (χ0v) is 9.55. The Hall–Kier alpha value is -1.60. The van der Waals surface area contributed by atoms with E-state index in [2.05, 4.69) is 48.6 Å². The van der Waals surface area contributed by atoms with Crippen molar-refractivity contribution in [2.45, 2.75) is 6.42 Å². The highest BCUT2D eigenvalue weighted by Crippen LogP contribution is 2.40. The second kappa shape index (κ2) is 2.96. The normalized spacial score (nSPS) is 17.0. The van der Waals surface area contributed by atoms with Gasteiger partial charge >= 0.3 is 0 Å². The summed E-state index contributed by atoms with van der Waals surface area (Å²) >= 11 is 1.91. The molecule has 0 N–H and O–H groups in total. The van der Waals surface area contributed by atoms with E-state index in [1.54, 1.807) is 0 Å². The highest BCUT2D eigenvalue weighted by Gasteiger charge is 2.19. The number of allylic oxidation sites excluding steroid dienone is 5. The lowest BCUT2D eigenvalue weighted by Crippen LogP contribution is -1.96. The minimum atomic E-state index is 1.10. The van der Waals surface area contributed by atoms with Crippen LogP contribution in [0.3, 0.4) is 0 Å². The van der Waals surface area contributed by atoms with Crippen molar-refractivity contribution in [1.82, 2.24) is 0 Å². The van der Waals surface area contributed by atoms with E-state index in [0.29, 0.717) is 0 Å². The van der Waals surface area contributed by atoms with Crippen LogP contribution >= 0.6 is 11.3 Å². The first-order chi connectivity index (χ1) is 7.92. The van der Waals surface area contributed by atoms with Gasteiger partial charge in [0.15, 0.2) is 0 Å². The summed E-state index contributed by atoms with van der Waals surface area (Å²) in [5, 5.41) is 1.44. The maximum atomic E-state index is 2.33. The summed E-state index contributed by atoms with van der Waals surface area (Å²) in [6.07, 6.45) is 10.0. The summed E-state index contributed by atoms with van der Waals surface area (Å²) in [6, 6.07) is 8.72. The molecule has 2 aliphatic carbocycles. The minimum absolute atomic E-state index is 1.10. The summed E-state index contributed by atoms with van der Waals surface area (Å²) in [6.45, 7) is 0. The molecule has 0 amide bonds. The quantitative estimate of drug-likeness (QED) is 0.622. The smallest absolute Gasteiger partial charge is 0.0352 e. The van der Waals surface area contributed by atoms with Crippen molar-refractivity contribution in [3.8, 4) is 0 Å². The molecule has 4 rings (SSSR count). The van der Waals surface area contributed by atoms with Crippen molar-refractivity contribution in [1.29, 1.82) is 0 Å². The molecule has 1 heteroatoms. The molecule has 1 heterocycles. The summed E-state index contributed by atoms with van der Waals surface area (Å²) in [5.74, 6) is 0. The number of hydrogen-bond acceptors (Lipinski definition) is 1. The lowest BCUT2D eigenvalue weighted by atomic mass is 9.93. The maximum absolute atomic E-state index is 2.33. The Morgan fingerprint density at radius 1 is 1.12 bits per heavy atom. The first-order valence-corrected chi connectivity index (χ1v) is 6.33. The van der Waals surface area contributed by atoms with Crippen LogP contribution in [-0.4, -0.2) is 0 Å². The lowest BCUT2D eigenvalue weighted by Gasteiger charge is -2.12. The van der Waals surface area contributed by atoms with E-state index < -0.39 is 0 Å². The van der Waals surface area contributed by atoms with Crippen molar-refractivity contribution in [3.63, 3.8) is 0 Å². The zero-order chi connectivity index (χ0) is 10.5. The van der Waals surface area contributed by atoms with Crippen molar-refractivity contribution in [2.24, 2.45) is 0 Å². The van der Waals surface area contributed by atoms with Gasteiger partial charge < -0.3 is 0 Å². The first-order valence-electron chi connectivity index (χ1n) is 5.51. The molecule has 76 valence electrons. The second-order valence-corrected chi connectivity index (χ2v) is 5.35. The molecular weight excluding hydrogens is 212 g/mol. The van der Waals surface area contributed by atoms with E-state index in [0.717, 1.165) is 6.42 Å². The van der Waals surface area contributed by atoms with E-state index in [-0.39, 0.29) is 0 Å². The van der Waals surface area contributed by atoms with Gasteiger partial charge in [-0.1, -0.05) is 36.4 Å². The third-order valence-electron chi connectivity index (χ3n) is 3.33. The fourth-order valence-corrected chi connectivity index (χ4v) is 3.70. The van der Waals surface area contributed by atoms with Crippen molar-refractivity contribution >= 4 is 27.5 Å². The van der Waals surface area contributed by atoms with Gasteiger partial charge in [0, 0.05) is 16.0 Å². The van der Waals surface area contributed by atoms with Gasteiger partial charge in [0.2, 0.25) is 0 Å². The average molecular weight is 222 g/mol. The molecular formula is C15H10S. The molecule has 0 unspecified atom stereocenters. The highest BCUT2D eigenvalue weighted by atomic mass is 32.1. The van der Waals surface area contributed by atoms with Gasteiger partial charge in [0.1, 0.15) is 0 Å². The fraction of sp³-hybridized carbons (Fsp3) is 0.0667. The topological polar surface area (TPSA) is 0 Å². The Balaban J connectivity index is 2.06. The molecule has 16 heavy (non-hydrogen) atoms. The van der Waals surface area contributed by atoms with Crippen LogP contribution < -0.4 is 0 Å². The average Bonchev–Trinajstić information content (AvgIpc) is 2.88. The van der Waals surface area contributed by atoms with Crippen LogP contribution in [0.4, 0.5) is 0 Å². The van der Waals surface area contributed by atoms with E-state index in [9.17, 15) is 0 Å². The van der Waals surface area contributed by atoms with Crippen LogP contribution in [0.25, 0.3) is 16.2 Å². The molecule has 0 nitrogen and oxygen atoms in total. The van der Waals surface area contributed by atoms with Gasteiger partial charge in [-0.25, -0.2) is 0 Å². The predicted octanol–water partition coefficient (Wildman–Crippen LogP) is 4.34. The second-order valence-electron chi connectivity index (χ2n) is 4.27. The van der Waals surface area contributed by atoms with Gasteiger partial charge in [-0.2, -0.15) is 0 Å². The summed E-state index contributed by atoms with van der Waals surface area (Å²) in [5.41, 5.74) is 4.38. The molecule has 0 aliphatic heterocycles. The first kappa shape index (κ1) is 8.54. The van der Waals surface area contributed by atoms with Crippen LogP contribution in [0.5, 0.6) is 0 Å². The van der Waals surface area contributed by atoms with E-state index >= 15 is 0 Å². The van der Waals surface area contributed by atoms with Gasteiger partial charge in [-0.3, -0.25) is 0 Å². The lowest BCUT2D eigenvalue weighted by molar-refractivity contribution is 1.19. The Morgan fingerprint density at radius 2 is 2.06 bits per heavy atom. The molecule has 0 saturated carbocycles. The van der Waals surface area contributed by atoms with Crippen LogP contribution in [0.15, 0.2) is 53.6 Å². The number of rotatable bonds is 0. The van der Waals surface area contributed by atoms with Crippen molar-refractivity contribution in [2.75, 3.05) is 0 Å². The van der Waals surface area contributed by atoms with Gasteiger partial charge in [0.25, 0.3) is 0 Å². The van der Waals surface area contributed by atoms with E-state index in [1.165, 1.54) is 31.7 Å². The molecule has 2 aromatic rings. The van der Waals surface area contributed by atoms with Gasteiger partial charge in [-0.05, 0) is 34.2 Å². The molecule has 0 atom stereocenters. The Kier molecular flexibility index (Phi) is 1.58. The van der Waals surface area contributed by atoms with Crippen LogP contribution in [0.2, 0.25) is 0 Å². The van der Waals surface area contributed by atoms with Gasteiger partial charge in [0.05, 0.1) is 0 Å². The van der Waals surface area contributed by atoms with E-state index in [4.69, 9.17) is 0 Å². The summed E-state index contributed by atoms with van der Waals surface area (Å²) < 4.78 is 1.41. The van der Waals surface area contributed by atoms with Crippen LogP contribution in [-0.2, 0) is 6.42 Å². The summed E-state index contributed by atoms with van der Waals surface area (Å²) in [7, 11) is 0. The molecule has 0 saturated heterocycles. The SMILES string of the molecule is C1=CC2=Cc3sc4ccccc4c3CC2=C1. The molecule has 2 aliphatic rings. The number of thiophene rings is 1. The number of hydrogen-bond donors (Lipinski definition) is 0. The van der Waals surface area contributed by atoms with Crippen LogP contribution in [0.1, 0.15) is 10.4 Å². The fourth-order valence-electron chi connectivity index (χ4n) is 2.52. The zero-order valence-electron chi connectivity index (χ0n) is 8.73. The molecule has 1 aromatic carbocycles. The third kappa shape index (κ3) is 1.04. The standard InChI is InChI=1S/C15H10S/c1-2-7-14-12(6-1)13-8-10-4-3-5-11(10)9-15(13)16-14/h1-7,9H,8H2. The molecule has 0 bridgehead atoms. The largest absolute Gasteiger partial charge is 0.136 e. The van der Waals surface area contributed by atoms with Crippen molar-refractivity contribution < 1.29 is 0 Å². The minimum Gasteiger partial charge on any atom is -0.136 e. The molecule has 0 spiro atoms. The Morgan fingerprint density at radius 3 is 3.06 bits per heavy atom. The highest BCUT2D eigenvalue weighted by molar-refractivity contribution is 7.20. The third-order valence-corrected chi connectivity index (χ3v) is 4.49. The molecule has 1 aromatic heterocycles. The number of fused-ring (bicyclic) bond motifs is 4. The Labute approximate surface area is 98.2 Å². The molecule has 0 radical (unpaired) electrons. The Bertz CT molecular complexity index is 681. The van der Waals surface area contributed by atoms with Crippen molar-refractivity contribution in [3.05, 3.63) is 64.1 Å². The number of benzene rings is 1. The van der Waals surface area contributed by atoms with Crippen LogP contribution in [0, 0.1) is 0 Å². The predicted molar refractivity (Wildman–Crippen MR) is 70.7 cm³/mol. The summed E-state index contributed by atoms with van der Waals surface area (Å²) in [4.78, 5) is 1.44.